The standard InChI is InChI=1S/C15H9ClN/c16-13-8-5-12(6-9-13)15-10-7-11-3-1-2-4-14(11)17-15/h1-6,8-10H. The number of pyridine rings is 1. The van der Waals surface area contributed by atoms with E-state index >= 15 is 0 Å². The molecule has 0 aliphatic rings. The van der Waals surface area contributed by atoms with E-state index in [1.807, 2.05) is 54.6 Å². The highest BCUT2D eigenvalue weighted by atomic mass is 35.5. The molecule has 2 heteroatoms. The minimum Gasteiger partial charge on any atom is -0.248 e. The van der Waals surface area contributed by atoms with Gasteiger partial charge in [-0.2, -0.15) is 0 Å². The van der Waals surface area contributed by atoms with Crippen LogP contribution in [0.2, 0.25) is 5.02 Å². The zero-order chi connectivity index (χ0) is 11.7. The number of hydrogen-bond donors (Lipinski definition) is 0. The zero-order valence-electron chi connectivity index (χ0n) is 9.02. The highest BCUT2D eigenvalue weighted by Gasteiger charge is 2.01. The van der Waals surface area contributed by atoms with E-state index in [0.717, 1.165) is 27.2 Å². The Morgan fingerprint density at radius 1 is 0.941 bits per heavy atom. The summed E-state index contributed by atoms with van der Waals surface area (Å²) in [5.74, 6) is 0. The summed E-state index contributed by atoms with van der Waals surface area (Å²) in [5, 5.41) is 1.77. The lowest BCUT2D eigenvalue weighted by Gasteiger charge is -2.02. The molecule has 0 amide bonds. The molecule has 1 aromatic heterocycles. The largest absolute Gasteiger partial charge is 0.248 e. The monoisotopic (exact) mass is 238 g/mol. The first-order valence-electron chi connectivity index (χ1n) is 5.36. The molecular formula is C15H9ClN. The van der Waals surface area contributed by atoms with Crippen molar-refractivity contribution in [3.8, 4) is 11.3 Å². The third-order valence-electron chi connectivity index (χ3n) is 2.65. The fourth-order valence-corrected chi connectivity index (χ4v) is 1.90. The molecule has 0 saturated carbocycles. The van der Waals surface area contributed by atoms with Crippen LogP contribution in [0.15, 0.2) is 54.6 Å². The van der Waals surface area contributed by atoms with E-state index in [0.29, 0.717) is 0 Å². The van der Waals surface area contributed by atoms with Crippen molar-refractivity contribution in [3.63, 3.8) is 0 Å². The molecule has 81 valence electrons. The lowest BCUT2D eigenvalue weighted by molar-refractivity contribution is 1.40. The Morgan fingerprint density at radius 2 is 1.71 bits per heavy atom. The van der Waals surface area contributed by atoms with Crippen molar-refractivity contribution >= 4 is 22.5 Å². The second kappa shape index (κ2) is 4.19. The number of halogens is 1. The van der Waals surface area contributed by atoms with Crippen molar-refractivity contribution < 1.29 is 0 Å². The van der Waals surface area contributed by atoms with Gasteiger partial charge in [0.15, 0.2) is 0 Å². The van der Waals surface area contributed by atoms with Crippen LogP contribution in [0.5, 0.6) is 0 Å². The molecule has 17 heavy (non-hydrogen) atoms. The highest BCUT2D eigenvalue weighted by Crippen LogP contribution is 2.22. The summed E-state index contributed by atoms with van der Waals surface area (Å²) in [6, 6.07) is 20.8. The molecule has 3 aromatic rings. The van der Waals surface area contributed by atoms with Gasteiger partial charge in [-0.25, -0.2) is 4.98 Å². The van der Waals surface area contributed by atoms with Gasteiger partial charge < -0.3 is 0 Å². The third-order valence-corrected chi connectivity index (χ3v) is 2.90. The van der Waals surface area contributed by atoms with Crippen LogP contribution in [0.3, 0.4) is 0 Å². The SMILES string of the molecule is Clc1ccc(-c2c[c]c3ccccc3n2)cc1. The van der Waals surface area contributed by atoms with E-state index in [-0.39, 0.29) is 0 Å². The number of para-hydroxylation sites is 1. The summed E-state index contributed by atoms with van der Waals surface area (Å²) in [7, 11) is 0. The summed E-state index contributed by atoms with van der Waals surface area (Å²) in [6.07, 6.45) is 0. The average Bonchev–Trinajstić information content (AvgIpc) is 2.39. The lowest BCUT2D eigenvalue weighted by atomic mass is 10.1. The smallest absolute Gasteiger partial charge is 0.0715 e. The Kier molecular flexibility index (Phi) is 2.54. The Bertz CT molecular complexity index is 659. The van der Waals surface area contributed by atoms with Crippen LogP contribution < -0.4 is 0 Å². The van der Waals surface area contributed by atoms with Crippen molar-refractivity contribution in [2.24, 2.45) is 0 Å². The van der Waals surface area contributed by atoms with Gasteiger partial charge in [-0.3, -0.25) is 0 Å². The summed E-state index contributed by atoms with van der Waals surface area (Å²) >= 11 is 5.87. The fourth-order valence-electron chi connectivity index (χ4n) is 1.77. The molecular weight excluding hydrogens is 230 g/mol. The first-order chi connectivity index (χ1) is 8.33. The van der Waals surface area contributed by atoms with Crippen molar-refractivity contribution in [1.29, 1.82) is 0 Å². The molecule has 0 saturated heterocycles. The molecule has 1 heterocycles. The highest BCUT2D eigenvalue weighted by molar-refractivity contribution is 6.30. The molecule has 2 aromatic carbocycles. The van der Waals surface area contributed by atoms with Crippen LogP contribution in [-0.2, 0) is 0 Å². The number of fused-ring (bicyclic) bond motifs is 1. The zero-order valence-corrected chi connectivity index (χ0v) is 9.78. The van der Waals surface area contributed by atoms with E-state index in [4.69, 9.17) is 11.6 Å². The number of aromatic nitrogens is 1. The van der Waals surface area contributed by atoms with Crippen LogP contribution in [-0.4, -0.2) is 4.98 Å². The quantitative estimate of drug-likeness (QED) is 0.614. The summed E-state index contributed by atoms with van der Waals surface area (Å²) < 4.78 is 0. The van der Waals surface area contributed by atoms with E-state index in [1.165, 1.54) is 0 Å². The van der Waals surface area contributed by atoms with Crippen LogP contribution in [0, 0.1) is 6.07 Å². The molecule has 0 spiro atoms. The molecule has 1 radical (unpaired) electrons. The maximum atomic E-state index is 5.87. The van der Waals surface area contributed by atoms with E-state index in [2.05, 4.69) is 11.1 Å². The van der Waals surface area contributed by atoms with E-state index < -0.39 is 0 Å². The Balaban J connectivity index is 2.14. The normalized spacial score (nSPS) is 10.6. The van der Waals surface area contributed by atoms with Crippen LogP contribution in [0.4, 0.5) is 0 Å². The van der Waals surface area contributed by atoms with Gasteiger partial charge in [0.05, 0.1) is 11.2 Å². The summed E-state index contributed by atoms with van der Waals surface area (Å²) in [6.45, 7) is 0. The van der Waals surface area contributed by atoms with E-state index in [1.54, 1.807) is 0 Å². The van der Waals surface area contributed by atoms with Crippen molar-refractivity contribution in [2.45, 2.75) is 0 Å². The molecule has 1 nitrogen and oxygen atoms in total. The second-order valence-electron chi connectivity index (χ2n) is 3.81. The molecule has 0 N–H and O–H groups in total. The number of hydrogen-bond acceptors (Lipinski definition) is 1. The summed E-state index contributed by atoms with van der Waals surface area (Å²) in [5.41, 5.74) is 2.93. The van der Waals surface area contributed by atoms with Gasteiger partial charge in [0.2, 0.25) is 0 Å². The second-order valence-corrected chi connectivity index (χ2v) is 4.25. The number of nitrogens with zero attached hydrogens (tertiary/aromatic N) is 1. The minimum absolute atomic E-state index is 0.735. The van der Waals surface area contributed by atoms with E-state index in [9.17, 15) is 0 Å². The van der Waals surface area contributed by atoms with Gasteiger partial charge in [0, 0.05) is 16.0 Å². The van der Waals surface area contributed by atoms with Crippen molar-refractivity contribution in [3.05, 3.63) is 65.7 Å². The molecule has 0 fully saturated rings. The van der Waals surface area contributed by atoms with Gasteiger partial charge in [0.1, 0.15) is 0 Å². The first kappa shape index (κ1) is 10.3. The molecule has 0 atom stereocenters. The van der Waals surface area contributed by atoms with Gasteiger partial charge >= 0.3 is 0 Å². The number of rotatable bonds is 1. The van der Waals surface area contributed by atoms with Crippen LogP contribution >= 0.6 is 11.6 Å². The topological polar surface area (TPSA) is 12.9 Å². The predicted octanol–water partition coefficient (Wildman–Crippen LogP) is 4.36. The lowest BCUT2D eigenvalue weighted by Crippen LogP contribution is -1.84. The van der Waals surface area contributed by atoms with Crippen molar-refractivity contribution in [1.82, 2.24) is 4.98 Å². The Labute approximate surface area is 105 Å². The molecule has 0 bridgehead atoms. The third kappa shape index (κ3) is 2.02. The maximum Gasteiger partial charge on any atom is 0.0715 e. The molecule has 0 unspecified atom stereocenters. The number of benzene rings is 2. The van der Waals surface area contributed by atoms with Gasteiger partial charge in [-0.05, 0) is 30.3 Å². The minimum atomic E-state index is 0.735. The summed E-state index contributed by atoms with van der Waals surface area (Å²) in [4.78, 5) is 4.60. The molecule has 3 rings (SSSR count). The maximum absolute atomic E-state index is 5.87. The first-order valence-corrected chi connectivity index (χ1v) is 5.74. The Morgan fingerprint density at radius 3 is 2.53 bits per heavy atom. The fraction of sp³-hybridized carbons (Fsp3) is 0. The average molecular weight is 239 g/mol. The molecule has 0 aliphatic carbocycles. The van der Waals surface area contributed by atoms with Gasteiger partial charge in [-0.15, -0.1) is 0 Å². The van der Waals surface area contributed by atoms with Crippen LogP contribution in [0.25, 0.3) is 22.2 Å². The van der Waals surface area contributed by atoms with Crippen LogP contribution in [0.1, 0.15) is 0 Å². The van der Waals surface area contributed by atoms with Gasteiger partial charge in [0.25, 0.3) is 0 Å². The van der Waals surface area contributed by atoms with Crippen molar-refractivity contribution in [2.75, 3.05) is 0 Å². The van der Waals surface area contributed by atoms with Gasteiger partial charge in [-0.1, -0.05) is 41.9 Å². The Hall–Kier alpha value is -1.86. The molecule has 0 aliphatic heterocycles. The predicted molar refractivity (Wildman–Crippen MR) is 71.0 cm³/mol.